The third-order valence-electron chi connectivity index (χ3n) is 3.59. The van der Waals surface area contributed by atoms with E-state index in [1.807, 2.05) is 7.05 Å². The van der Waals surface area contributed by atoms with Gasteiger partial charge >= 0.3 is 0 Å². The summed E-state index contributed by atoms with van der Waals surface area (Å²) in [6, 6.07) is 9.01. The highest BCUT2D eigenvalue weighted by Crippen LogP contribution is 2.30. The molecule has 1 unspecified atom stereocenters. The highest BCUT2D eigenvalue weighted by Gasteiger charge is 2.24. The van der Waals surface area contributed by atoms with Gasteiger partial charge in [0.1, 0.15) is 0 Å². The summed E-state index contributed by atoms with van der Waals surface area (Å²) in [6.45, 7) is 2.39. The molecule has 1 aliphatic rings. The summed E-state index contributed by atoms with van der Waals surface area (Å²) in [6.07, 6.45) is 2.27. The van der Waals surface area contributed by atoms with Gasteiger partial charge in [-0.15, -0.1) is 0 Å². The lowest BCUT2D eigenvalue weighted by atomic mass is 9.86. The van der Waals surface area contributed by atoms with E-state index in [2.05, 4.69) is 29.6 Å². The molecule has 1 heterocycles. The van der Waals surface area contributed by atoms with Gasteiger partial charge in [-0.25, -0.2) is 0 Å². The maximum atomic E-state index is 5.70. The first-order valence-corrected chi connectivity index (χ1v) is 6.39. The van der Waals surface area contributed by atoms with Gasteiger partial charge in [0.25, 0.3) is 0 Å². The van der Waals surface area contributed by atoms with Crippen molar-refractivity contribution in [3.05, 3.63) is 35.4 Å². The molecule has 1 aromatic rings. The third kappa shape index (κ3) is 3.06. The van der Waals surface area contributed by atoms with Gasteiger partial charge < -0.3 is 15.8 Å². The number of nitrogens with two attached hydrogens (primary N) is 1. The number of rotatable bonds is 4. The van der Waals surface area contributed by atoms with E-state index in [0.717, 1.165) is 26.1 Å². The number of hydrogen-bond acceptors (Lipinski definition) is 3. The molecular weight excluding hydrogens is 212 g/mol. The lowest BCUT2D eigenvalue weighted by Crippen LogP contribution is -2.30. The van der Waals surface area contributed by atoms with Gasteiger partial charge in [-0.2, -0.15) is 0 Å². The quantitative estimate of drug-likeness (QED) is 0.835. The van der Waals surface area contributed by atoms with Crippen LogP contribution in [-0.4, -0.2) is 20.3 Å². The van der Waals surface area contributed by atoms with Crippen molar-refractivity contribution in [2.75, 3.05) is 20.3 Å². The molecule has 1 atom stereocenters. The Bertz CT molecular complexity index is 348. The summed E-state index contributed by atoms with van der Waals surface area (Å²) >= 11 is 0. The van der Waals surface area contributed by atoms with Crippen LogP contribution in [0.15, 0.2) is 24.3 Å². The SMILES string of the molecule is CNC(c1cccc(CN)c1)C1CCOCC1. The predicted octanol–water partition coefficient (Wildman–Crippen LogP) is 1.83. The highest BCUT2D eigenvalue weighted by atomic mass is 16.5. The van der Waals surface area contributed by atoms with Crippen LogP contribution in [0.25, 0.3) is 0 Å². The van der Waals surface area contributed by atoms with Crippen LogP contribution < -0.4 is 11.1 Å². The summed E-state index contributed by atoms with van der Waals surface area (Å²) in [5, 5.41) is 3.44. The van der Waals surface area contributed by atoms with Crippen LogP contribution >= 0.6 is 0 Å². The first-order valence-electron chi connectivity index (χ1n) is 6.39. The Morgan fingerprint density at radius 2 is 2.18 bits per heavy atom. The van der Waals surface area contributed by atoms with Gasteiger partial charge in [0.05, 0.1) is 0 Å². The molecule has 1 aliphatic heterocycles. The molecule has 0 bridgehead atoms. The molecule has 1 fully saturated rings. The molecule has 0 amide bonds. The molecule has 1 aromatic carbocycles. The zero-order chi connectivity index (χ0) is 12.1. The second-order valence-electron chi connectivity index (χ2n) is 4.67. The van der Waals surface area contributed by atoms with Crippen LogP contribution in [0.2, 0.25) is 0 Å². The van der Waals surface area contributed by atoms with Crippen molar-refractivity contribution in [2.24, 2.45) is 11.7 Å². The van der Waals surface area contributed by atoms with Crippen LogP contribution in [0, 0.1) is 5.92 Å². The van der Waals surface area contributed by atoms with E-state index in [9.17, 15) is 0 Å². The highest BCUT2D eigenvalue weighted by molar-refractivity contribution is 5.26. The Morgan fingerprint density at radius 3 is 2.82 bits per heavy atom. The van der Waals surface area contributed by atoms with Crippen LogP contribution in [-0.2, 0) is 11.3 Å². The number of hydrogen-bond donors (Lipinski definition) is 2. The molecule has 0 saturated carbocycles. The standard InChI is InChI=1S/C14H22N2O/c1-16-14(12-5-7-17-8-6-12)13-4-2-3-11(9-13)10-15/h2-4,9,12,14,16H,5-8,10,15H2,1H3. The van der Waals surface area contributed by atoms with E-state index in [4.69, 9.17) is 10.5 Å². The first-order chi connectivity index (χ1) is 8.35. The largest absolute Gasteiger partial charge is 0.381 e. The number of ether oxygens (including phenoxy) is 1. The average Bonchev–Trinajstić information content (AvgIpc) is 2.41. The smallest absolute Gasteiger partial charge is 0.0469 e. The third-order valence-corrected chi connectivity index (χ3v) is 3.59. The van der Waals surface area contributed by atoms with Gasteiger partial charge in [-0.3, -0.25) is 0 Å². The van der Waals surface area contributed by atoms with Gasteiger partial charge in [0.2, 0.25) is 0 Å². The van der Waals surface area contributed by atoms with Crippen molar-refractivity contribution in [3.8, 4) is 0 Å². The predicted molar refractivity (Wildman–Crippen MR) is 69.7 cm³/mol. The van der Waals surface area contributed by atoms with Crippen LogP contribution in [0.1, 0.15) is 30.0 Å². The minimum Gasteiger partial charge on any atom is -0.381 e. The van der Waals surface area contributed by atoms with Crippen LogP contribution in [0.5, 0.6) is 0 Å². The Labute approximate surface area is 103 Å². The van der Waals surface area contributed by atoms with Gasteiger partial charge in [0, 0.05) is 25.8 Å². The molecule has 1 saturated heterocycles. The molecule has 94 valence electrons. The fourth-order valence-electron chi connectivity index (χ4n) is 2.64. The van der Waals surface area contributed by atoms with E-state index in [-0.39, 0.29) is 0 Å². The van der Waals surface area contributed by atoms with Gasteiger partial charge in [0.15, 0.2) is 0 Å². The topological polar surface area (TPSA) is 47.3 Å². The lowest BCUT2D eigenvalue weighted by Gasteiger charge is -2.30. The Morgan fingerprint density at radius 1 is 1.41 bits per heavy atom. The molecule has 0 aliphatic carbocycles. The molecule has 0 spiro atoms. The van der Waals surface area contributed by atoms with E-state index in [0.29, 0.717) is 18.5 Å². The second kappa shape index (κ2) is 6.15. The van der Waals surface area contributed by atoms with E-state index in [1.165, 1.54) is 11.1 Å². The second-order valence-corrected chi connectivity index (χ2v) is 4.67. The molecule has 3 heteroatoms. The van der Waals surface area contributed by atoms with E-state index in [1.54, 1.807) is 0 Å². The Hall–Kier alpha value is -0.900. The normalized spacial score (nSPS) is 19.2. The monoisotopic (exact) mass is 234 g/mol. The van der Waals surface area contributed by atoms with Crippen molar-refractivity contribution in [3.63, 3.8) is 0 Å². The van der Waals surface area contributed by atoms with Gasteiger partial charge in [-0.1, -0.05) is 24.3 Å². The van der Waals surface area contributed by atoms with E-state index < -0.39 is 0 Å². The summed E-state index contributed by atoms with van der Waals surface area (Å²) in [4.78, 5) is 0. The lowest BCUT2D eigenvalue weighted by molar-refractivity contribution is 0.0546. The molecule has 3 N–H and O–H groups in total. The molecular formula is C14H22N2O. The summed E-state index contributed by atoms with van der Waals surface area (Å²) in [5.74, 6) is 0.668. The zero-order valence-corrected chi connectivity index (χ0v) is 10.5. The van der Waals surface area contributed by atoms with Crippen molar-refractivity contribution < 1.29 is 4.74 Å². The molecule has 0 radical (unpaired) electrons. The Balaban J connectivity index is 2.15. The van der Waals surface area contributed by atoms with Crippen LogP contribution in [0.4, 0.5) is 0 Å². The summed E-state index contributed by atoms with van der Waals surface area (Å²) in [5.41, 5.74) is 8.25. The minimum atomic E-state index is 0.422. The number of benzene rings is 1. The maximum absolute atomic E-state index is 5.70. The summed E-state index contributed by atoms with van der Waals surface area (Å²) in [7, 11) is 2.04. The molecule has 0 aromatic heterocycles. The maximum Gasteiger partial charge on any atom is 0.0469 e. The first kappa shape index (κ1) is 12.6. The van der Waals surface area contributed by atoms with Crippen LogP contribution in [0.3, 0.4) is 0 Å². The number of nitrogens with one attached hydrogen (secondary N) is 1. The molecule has 3 nitrogen and oxygen atoms in total. The van der Waals surface area contributed by atoms with E-state index >= 15 is 0 Å². The van der Waals surface area contributed by atoms with Gasteiger partial charge in [-0.05, 0) is 36.9 Å². The Kier molecular flexibility index (Phi) is 4.54. The van der Waals surface area contributed by atoms with Crippen molar-refractivity contribution in [2.45, 2.75) is 25.4 Å². The fourth-order valence-corrected chi connectivity index (χ4v) is 2.64. The minimum absolute atomic E-state index is 0.422. The van der Waals surface area contributed by atoms with Crippen molar-refractivity contribution in [1.29, 1.82) is 0 Å². The average molecular weight is 234 g/mol. The molecule has 2 rings (SSSR count). The van der Waals surface area contributed by atoms with Crippen molar-refractivity contribution in [1.82, 2.24) is 5.32 Å². The fraction of sp³-hybridized carbons (Fsp3) is 0.571. The summed E-state index contributed by atoms with van der Waals surface area (Å²) < 4.78 is 5.43. The zero-order valence-electron chi connectivity index (χ0n) is 10.5. The van der Waals surface area contributed by atoms with Crippen molar-refractivity contribution >= 4 is 0 Å². The molecule has 17 heavy (non-hydrogen) atoms.